The lowest BCUT2D eigenvalue weighted by molar-refractivity contribution is 0.102. The lowest BCUT2D eigenvalue weighted by Gasteiger charge is -2.16. The Morgan fingerprint density at radius 2 is 2.00 bits per heavy atom. The maximum atomic E-state index is 12.4. The molecule has 7 heteroatoms. The van der Waals surface area contributed by atoms with Gasteiger partial charge in [-0.15, -0.1) is 0 Å². The molecule has 3 aromatic rings. The largest absolute Gasteiger partial charge is 0.467 e. The number of hydrogen-bond donors (Lipinski definition) is 2. The second-order valence-corrected chi connectivity index (χ2v) is 6.48. The summed E-state index contributed by atoms with van der Waals surface area (Å²) in [5.74, 6) is 0.161. The molecule has 0 unspecified atom stereocenters. The molecule has 2 aromatic carbocycles. The van der Waals surface area contributed by atoms with Gasteiger partial charge in [-0.1, -0.05) is 41.4 Å². The molecule has 0 saturated heterocycles. The van der Waals surface area contributed by atoms with Crippen LogP contribution in [-0.4, -0.2) is 15.9 Å². The second-order valence-electron chi connectivity index (χ2n) is 6.09. The van der Waals surface area contributed by atoms with Crippen molar-refractivity contribution in [2.75, 3.05) is 11.1 Å². The van der Waals surface area contributed by atoms with E-state index in [2.05, 4.69) is 15.3 Å². The zero-order valence-electron chi connectivity index (χ0n) is 14.9. The quantitative estimate of drug-likeness (QED) is 0.682. The number of carbonyl (C=O) groups excluding carboxylic acids is 1. The molecule has 0 aliphatic heterocycles. The highest BCUT2D eigenvalue weighted by atomic mass is 35.5. The number of rotatable bonds is 5. The first-order valence-corrected chi connectivity index (χ1v) is 8.73. The number of ether oxygens (including phenoxy) is 1. The van der Waals surface area contributed by atoms with Crippen molar-refractivity contribution >= 4 is 29.0 Å². The van der Waals surface area contributed by atoms with Crippen LogP contribution in [0.1, 0.15) is 34.5 Å². The van der Waals surface area contributed by atoms with Gasteiger partial charge in [-0.3, -0.25) is 4.79 Å². The minimum absolute atomic E-state index is 0.162. The van der Waals surface area contributed by atoms with Gasteiger partial charge in [0.25, 0.3) is 11.8 Å². The summed E-state index contributed by atoms with van der Waals surface area (Å²) in [5, 5.41) is 3.10. The minimum Gasteiger partial charge on any atom is -0.467 e. The van der Waals surface area contributed by atoms with Gasteiger partial charge in [0.15, 0.2) is 11.0 Å². The Morgan fingerprint density at radius 3 is 2.78 bits per heavy atom. The van der Waals surface area contributed by atoms with Gasteiger partial charge in [0, 0.05) is 11.3 Å². The number of anilines is 2. The highest BCUT2D eigenvalue weighted by Gasteiger charge is 2.13. The lowest BCUT2D eigenvalue weighted by Crippen LogP contribution is -2.13. The standard InChI is InChI=1S/C20H19ClN4O2/c1-12-5-3-7-15(9-12)19(26)24-16-8-4-6-14(10-16)13(2)27-20-18(22)23-11-17(21)25-20/h3-11,13H,1-2H3,(H2,22,23)(H,24,26)/t13-/m0/s1. The highest BCUT2D eigenvalue weighted by Crippen LogP contribution is 2.26. The molecule has 1 heterocycles. The van der Waals surface area contributed by atoms with Crippen LogP contribution < -0.4 is 15.8 Å². The third-order valence-electron chi connectivity index (χ3n) is 3.92. The zero-order chi connectivity index (χ0) is 19.4. The third-order valence-corrected chi connectivity index (χ3v) is 4.10. The van der Waals surface area contributed by atoms with Crippen molar-refractivity contribution in [3.05, 3.63) is 76.6 Å². The van der Waals surface area contributed by atoms with E-state index in [1.165, 1.54) is 6.20 Å². The molecule has 6 nitrogen and oxygen atoms in total. The Kier molecular flexibility index (Phi) is 5.57. The van der Waals surface area contributed by atoms with Crippen LogP contribution in [0, 0.1) is 6.92 Å². The topological polar surface area (TPSA) is 90.1 Å². The monoisotopic (exact) mass is 382 g/mol. The maximum Gasteiger partial charge on any atom is 0.259 e. The van der Waals surface area contributed by atoms with Crippen LogP contribution in [-0.2, 0) is 0 Å². The van der Waals surface area contributed by atoms with Gasteiger partial charge in [-0.05, 0) is 43.7 Å². The average Bonchev–Trinajstić information content (AvgIpc) is 2.65. The molecule has 3 N–H and O–H groups in total. The first-order valence-electron chi connectivity index (χ1n) is 8.35. The number of aromatic nitrogens is 2. The van der Waals surface area contributed by atoms with Gasteiger partial charge in [0.05, 0.1) is 6.20 Å². The molecule has 1 amide bonds. The van der Waals surface area contributed by atoms with Gasteiger partial charge in [-0.25, -0.2) is 4.98 Å². The fraction of sp³-hybridized carbons (Fsp3) is 0.150. The molecule has 3 rings (SSSR count). The Hall–Kier alpha value is -3.12. The lowest BCUT2D eigenvalue weighted by atomic mass is 10.1. The van der Waals surface area contributed by atoms with E-state index in [1.54, 1.807) is 6.07 Å². The average molecular weight is 383 g/mol. The minimum atomic E-state index is -0.365. The normalized spacial score (nSPS) is 11.7. The summed E-state index contributed by atoms with van der Waals surface area (Å²) >= 11 is 5.84. The first kappa shape index (κ1) is 18.7. The van der Waals surface area contributed by atoms with Gasteiger partial charge >= 0.3 is 0 Å². The van der Waals surface area contributed by atoms with E-state index >= 15 is 0 Å². The zero-order valence-corrected chi connectivity index (χ0v) is 15.7. The van der Waals surface area contributed by atoms with E-state index in [9.17, 15) is 4.79 Å². The Balaban J connectivity index is 1.74. The molecule has 1 atom stereocenters. The molecule has 0 spiro atoms. The van der Waals surface area contributed by atoms with Crippen molar-refractivity contribution in [2.45, 2.75) is 20.0 Å². The number of nitrogens with one attached hydrogen (secondary N) is 1. The van der Waals surface area contributed by atoms with Crippen molar-refractivity contribution in [2.24, 2.45) is 0 Å². The molecule has 0 saturated carbocycles. The van der Waals surface area contributed by atoms with Gasteiger partial charge in [0.2, 0.25) is 0 Å². The summed E-state index contributed by atoms with van der Waals surface area (Å²) in [6.07, 6.45) is 0.992. The number of hydrogen-bond acceptors (Lipinski definition) is 5. The third kappa shape index (κ3) is 4.74. The molecule has 1 aromatic heterocycles. The van der Waals surface area contributed by atoms with Crippen molar-refractivity contribution in [1.82, 2.24) is 9.97 Å². The Bertz CT molecular complexity index is 978. The number of halogens is 1. The molecule has 0 radical (unpaired) electrons. The Morgan fingerprint density at radius 1 is 1.22 bits per heavy atom. The summed E-state index contributed by atoms with van der Waals surface area (Å²) in [4.78, 5) is 20.4. The molecule has 0 fully saturated rings. The van der Waals surface area contributed by atoms with E-state index in [1.807, 2.05) is 56.3 Å². The smallest absolute Gasteiger partial charge is 0.259 e. The molecule has 0 aliphatic rings. The Labute approximate surface area is 162 Å². The van der Waals surface area contributed by atoms with Crippen molar-refractivity contribution < 1.29 is 9.53 Å². The molecular formula is C20H19ClN4O2. The van der Waals surface area contributed by atoms with Crippen molar-refractivity contribution in [1.29, 1.82) is 0 Å². The fourth-order valence-corrected chi connectivity index (χ4v) is 2.67. The predicted molar refractivity (Wildman–Crippen MR) is 106 cm³/mol. The van der Waals surface area contributed by atoms with Gasteiger partial charge in [-0.2, -0.15) is 4.98 Å². The highest BCUT2D eigenvalue weighted by molar-refractivity contribution is 6.29. The van der Waals surface area contributed by atoms with E-state index in [4.69, 9.17) is 22.1 Å². The number of amides is 1. The first-order chi connectivity index (χ1) is 12.9. The van der Waals surface area contributed by atoms with Gasteiger partial charge in [0.1, 0.15) is 6.10 Å². The number of nitrogen functional groups attached to an aromatic ring is 1. The second kappa shape index (κ2) is 8.05. The van der Waals surface area contributed by atoms with E-state index < -0.39 is 0 Å². The number of nitrogens with zero attached hydrogens (tertiary/aromatic N) is 2. The molecular weight excluding hydrogens is 364 g/mol. The molecule has 138 valence electrons. The van der Waals surface area contributed by atoms with Crippen LogP contribution in [0.15, 0.2) is 54.7 Å². The fourth-order valence-electron chi connectivity index (χ4n) is 2.54. The van der Waals surface area contributed by atoms with Gasteiger partial charge < -0.3 is 15.8 Å². The maximum absolute atomic E-state index is 12.4. The summed E-state index contributed by atoms with van der Waals surface area (Å²) in [5.41, 5.74) is 8.92. The number of benzene rings is 2. The SMILES string of the molecule is Cc1cccc(C(=O)Nc2cccc([C@H](C)Oc3nc(Cl)cnc3N)c2)c1. The van der Waals surface area contributed by atoms with Crippen LogP contribution in [0.3, 0.4) is 0 Å². The van der Waals surface area contributed by atoms with Crippen LogP contribution in [0.25, 0.3) is 0 Å². The molecule has 0 aliphatic carbocycles. The van der Waals surface area contributed by atoms with Crippen LogP contribution in [0.2, 0.25) is 5.15 Å². The summed E-state index contributed by atoms with van der Waals surface area (Å²) in [6, 6.07) is 14.8. The molecule has 27 heavy (non-hydrogen) atoms. The number of aryl methyl sites for hydroxylation is 1. The summed E-state index contributed by atoms with van der Waals surface area (Å²) in [7, 11) is 0. The summed E-state index contributed by atoms with van der Waals surface area (Å²) < 4.78 is 5.78. The van der Waals surface area contributed by atoms with Crippen LogP contribution >= 0.6 is 11.6 Å². The van der Waals surface area contributed by atoms with Crippen molar-refractivity contribution in [3.63, 3.8) is 0 Å². The molecule has 0 bridgehead atoms. The van der Waals surface area contributed by atoms with E-state index in [-0.39, 0.29) is 28.9 Å². The number of nitrogens with two attached hydrogens (primary N) is 1. The van der Waals surface area contributed by atoms with Crippen molar-refractivity contribution in [3.8, 4) is 5.88 Å². The predicted octanol–water partition coefficient (Wildman–Crippen LogP) is 4.41. The van der Waals surface area contributed by atoms with Crippen LogP contribution in [0.5, 0.6) is 5.88 Å². The summed E-state index contributed by atoms with van der Waals surface area (Å²) in [6.45, 7) is 3.80. The number of carbonyl (C=O) groups is 1. The van der Waals surface area contributed by atoms with Crippen LogP contribution in [0.4, 0.5) is 11.5 Å². The van der Waals surface area contributed by atoms with E-state index in [0.717, 1.165) is 11.1 Å². The van der Waals surface area contributed by atoms with E-state index in [0.29, 0.717) is 11.3 Å².